The fraction of sp³-hybridized carbons (Fsp3) is 0.0909. The molecule has 0 saturated heterocycles. The number of rotatable bonds is 3. The van der Waals surface area contributed by atoms with E-state index in [4.69, 9.17) is 17.3 Å². The van der Waals surface area contributed by atoms with Crippen LogP contribution in [0.5, 0.6) is 0 Å². The summed E-state index contributed by atoms with van der Waals surface area (Å²) < 4.78 is 1.37. The number of anilines is 1. The quantitative estimate of drug-likeness (QED) is 0.413. The number of halogens is 1. The zero-order valence-corrected chi connectivity index (χ0v) is 16.7. The molecule has 2 aromatic heterocycles. The van der Waals surface area contributed by atoms with Crippen LogP contribution in [0.15, 0.2) is 64.4 Å². The number of aromatic nitrogens is 3. The van der Waals surface area contributed by atoms with Gasteiger partial charge in [0, 0.05) is 35.2 Å². The van der Waals surface area contributed by atoms with Gasteiger partial charge in [0.25, 0.3) is 5.56 Å². The van der Waals surface area contributed by atoms with Gasteiger partial charge in [0.15, 0.2) is 0 Å². The van der Waals surface area contributed by atoms with Crippen LogP contribution in [0.1, 0.15) is 11.3 Å². The maximum Gasteiger partial charge on any atom is 0.281 e. The lowest BCUT2D eigenvalue weighted by molar-refractivity contribution is 0.831. The number of hydrogen-bond donors (Lipinski definition) is 1. The summed E-state index contributed by atoms with van der Waals surface area (Å²) in [7, 11) is 1.67. The van der Waals surface area contributed by atoms with Crippen molar-refractivity contribution in [2.75, 3.05) is 12.8 Å². The molecule has 0 aliphatic rings. The van der Waals surface area contributed by atoms with Crippen molar-refractivity contribution in [3.63, 3.8) is 0 Å². The van der Waals surface area contributed by atoms with E-state index in [2.05, 4.69) is 15.1 Å². The van der Waals surface area contributed by atoms with Crippen LogP contribution in [0.25, 0.3) is 27.8 Å². The number of hydrogen-bond acceptors (Lipinski definition) is 5. The highest BCUT2D eigenvalue weighted by atomic mass is 35.5. The number of benzene rings is 2. The van der Waals surface area contributed by atoms with E-state index < -0.39 is 0 Å². The molecule has 144 valence electrons. The lowest BCUT2D eigenvalue weighted by Crippen LogP contribution is -2.24. The summed E-state index contributed by atoms with van der Waals surface area (Å²) in [5.41, 5.74) is 10.8. The van der Waals surface area contributed by atoms with Crippen molar-refractivity contribution in [1.29, 1.82) is 0 Å². The largest absolute Gasteiger partial charge is 0.398 e. The van der Waals surface area contributed by atoms with Crippen LogP contribution in [0, 0.1) is 6.92 Å². The Labute approximate surface area is 172 Å². The maximum absolute atomic E-state index is 13.5. The monoisotopic (exact) mass is 403 g/mol. The van der Waals surface area contributed by atoms with Crippen LogP contribution < -0.4 is 11.3 Å². The molecule has 2 N–H and O–H groups in total. The zero-order chi connectivity index (χ0) is 20.5. The second-order valence-electron chi connectivity index (χ2n) is 6.62. The second-order valence-corrected chi connectivity index (χ2v) is 7.06. The van der Waals surface area contributed by atoms with E-state index in [1.54, 1.807) is 43.6 Å². The molecular weight excluding hydrogens is 386 g/mol. The average Bonchev–Trinajstić information content (AvgIpc) is 2.71. The highest BCUT2D eigenvalue weighted by molar-refractivity contribution is 6.30. The van der Waals surface area contributed by atoms with Crippen molar-refractivity contribution < 1.29 is 0 Å². The van der Waals surface area contributed by atoms with E-state index in [0.29, 0.717) is 38.6 Å². The molecule has 0 fully saturated rings. The molecule has 0 bridgehead atoms. The van der Waals surface area contributed by atoms with E-state index in [9.17, 15) is 4.79 Å². The highest BCUT2D eigenvalue weighted by Crippen LogP contribution is 2.25. The van der Waals surface area contributed by atoms with Gasteiger partial charge in [-0.25, -0.2) is 0 Å². The Balaban J connectivity index is 2.06. The third-order valence-corrected chi connectivity index (χ3v) is 4.83. The molecule has 6 nitrogen and oxygen atoms in total. The lowest BCUT2D eigenvalue weighted by Gasteiger charge is -2.12. The molecule has 0 saturated carbocycles. The minimum atomic E-state index is -0.276. The molecule has 0 radical (unpaired) electrons. The smallest absolute Gasteiger partial charge is 0.281 e. The summed E-state index contributed by atoms with van der Waals surface area (Å²) >= 11 is 6.04. The normalized spacial score (nSPS) is 11.4. The van der Waals surface area contributed by atoms with Crippen LogP contribution in [-0.2, 0) is 0 Å². The van der Waals surface area contributed by atoms with Gasteiger partial charge in [-0.15, -0.1) is 0 Å². The van der Waals surface area contributed by atoms with Crippen molar-refractivity contribution in [2.45, 2.75) is 6.92 Å². The third-order valence-electron chi connectivity index (χ3n) is 4.58. The van der Waals surface area contributed by atoms with Gasteiger partial charge in [0.2, 0.25) is 0 Å². The van der Waals surface area contributed by atoms with E-state index in [-0.39, 0.29) is 5.56 Å². The van der Waals surface area contributed by atoms with Crippen LogP contribution in [0.2, 0.25) is 5.02 Å². The molecule has 0 unspecified atom stereocenters. The Morgan fingerprint density at radius 3 is 2.59 bits per heavy atom. The molecule has 0 atom stereocenters. The van der Waals surface area contributed by atoms with Crippen LogP contribution in [0.4, 0.5) is 5.69 Å². The van der Waals surface area contributed by atoms with E-state index in [0.717, 1.165) is 11.3 Å². The molecule has 0 spiro atoms. The van der Waals surface area contributed by atoms with Gasteiger partial charge in [-0.2, -0.15) is 9.78 Å². The Morgan fingerprint density at radius 1 is 1.10 bits per heavy atom. The number of nitrogens with zero attached hydrogens (tertiary/aromatic N) is 4. The number of aliphatic imine (C=N–C) groups is 1. The molecule has 2 heterocycles. The molecule has 0 amide bonds. The summed E-state index contributed by atoms with van der Waals surface area (Å²) in [4.78, 5) is 22.1. The Hall–Kier alpha value is -3.51. The lowest BCUT2D eigenvalue weighted by atomic mass is 10.1. The van der Waals surface area contributed by atoms with Gasteiger partial charge >= 0.3 is 0 Å². The first-order valence-corrected chi connectivity index (χ1v) is 9.34. The number of nitrogen functional groups attached to an aromatic ring is 1. The van der Waals surface area contributed by atoms with Crippen molar-refractivity contribution in [2.24, 2.45) is 4.99 Å². The molecular formula is C22H18ClN5O. The topological polar surface area (TPSA) is 86.2 Å². The van der Waals surface area contributed by atoms with Crippen molar-refractivity contribution in [3.8, 4) is 16.8 Å². The van der Waals surface area contributed by atoms with Crippen molar-refractivity contribution >= 4 is 34.5 Å². The van der Waals surface area contributed by atoms with Gasteiger partial charge < -0.3 is 5.73 Å². The summed E-state index contributed by atoms with van der Waals surface area (Å²) in [5, 5.41) is 5.15. The molecule has 0 aliphatic heterocycles. The van der Waals surface area contributed by atoms with Crippen LogP contribution in [0.3, 0.4) is 0 Å². The van der Waals surface area contributed by atoms with E-state index in [1.165, 1.54) is 4.68 Å². The fourth-order valence-corrected chi connectivity index (χ4v) is 3.30. The number of nitrogens with two attached hydrogens (primary N) is 1. The molecule has 0 aliphatic carbocycles. The summed E-state index contributed by atoms with van der Waals surface area (Å²) in [6.45, 7) is 1.88. The van der Waals surface area contributed by atoms with Crippen LogP contribution >= 0.6 is 11.6 Å². The first-order valence-electron chi connectivity index (χ1n) is 8.96. The predicted molar refractivity (Wildman–Crippen MR) is 118 cm³/mol. The molecule has 29 heavy (non-hydrogen) atoms. The first-order chi connectivity index (χ1) is 14.0. The second kappa shape index (κ2) is 7.48. The number of pyridine rings is 1. The summed E-state index contributed by atoms with van der Waals surface area (Å²) in [6, 6.07) is 16.1. The minimum absolute atomic E-state index is 0.276. The van der Waals surface area contributed by atoms with Crippen molar-refractivity contribution in [1.82, 2.24) is 14.8 Å². The zero-order valence-electron chi connectivity index (χ0n) is 15.9. The molecule has 2 aromatic carbocycles. The number of aryl methyl sites for hydroxylation is 1. The molecule has 4 aromatic rings. The first kappa shape index (κ1) is 18.8. The van der Waals surface area contributed by atoms with E-state index >= 15 is 0 Å². The molecule has 7 heteroatoms. The fourth-order valence-electron chi connectivity index (χ4n) is 3.17. The highest BCUT2D eigenvalue weighted by Gasteiger charge is 2.16. The standard InChI is InChI=1S/C22H18ClN5O/c1-13-3-10-19-21(26-13)20(14-4-6-16(23)7-5-14)22(29)28(27-19)17-8-9-18(24)15(11-17)12-25-2/h3-12H,24H2,1-2H3. The number of fused-ring (bicyclic) bond motifs is 1. The Bertz CT molecular complexity index is 1310. The van der Waals surface area contributed by atoms with Crippen molar-refractivity contribution in [3.05, 3.63) is 81.2 Å². The van der Waals surface area contributed by atoms with Gasteiger partial charge in [-0.3, -0.25) is 14.8 Å². The van der Waals surface area contributed by atoms with Crippen LogP contribution in [-0.4, -0.2) is 28.0 Å². The SMILES string of the molecule is CN=Cc1cc(-n2nc3ccc(C)nc3c(-c3ccc(Cl)cc3)c2=O)ccc1N. The summed E-state index contributed by atoms with van der Waals surface area (Å²) in [6.07, 6.45) is 1.65. The third kappa shape index (κ3) is 3.50. The van der Waals surface area contributed by atoms with Gasteiger partial charge in [-0.1, -0.05) is 23.7 Å². The molecule has 4 rings (SSSR count). The van der Waals surface area contributed by atoms with E-state index in [1.807, 2.05) is 31.2 Å². The summed E-state index contributed by atoms with van der Waals surface area (Å²) in [5.74, 6) is 0. The average molecular weight is 404 g/mol. The Kier molecular flexibility index (Phi) is 4.86. The predicted octanol–water partition coefficient (Wildman–Crippen LogP) is 4.04. The maximum atomic E-state index is 13.5. The van der Waals surface area contributed by atoms with Gasteiger partial charge in [0.05, 0.1) is 11.3 Å². The minimum Gasteiger partial charge on any atom is -0.398 e. The van der Waals surface area contributed by atoms with Gasteiger partial charge in [-0.05, 0) is 55.0 Å². The Morgan fingerprint density at radius 2 is 1.86 bits per heavy atom. The van der Waals surface area contributed by atoms with Gasteiger partial charge in [0.1, 0.15) is 11.0 Å².